The molecule has 0 radical (unpaired) electrons. The molecule has 1 aliphatic heterocycles. The number of benzene rings is 2. The number of hydrogen-bond acceptors (Lipinski definition) is 3. The number of fused-ring (bicyclic) bond motifs is 1. The second-order valence-corrected chi connectivity index (χ2v) is 10.7. The minimum atomic E-state index is -0.942. The number of likely N-dealkylation sites (tertiary alicyclic amines) is 1. The molecule has 0 atom stereocenters. The molecule has 3 aromatic rings. The summed E-state index contributed by atoms with van der Waals surface area (Å²) in [5.74, 6) is -0.418. The van der Waals surface area contributed by atoms with Crippen LogP contribution >= 0.6 is 0 Å². The van der Waals surface area contributed by atoms with Gasteiger partial charge in [-0.05, 0) is 69.0 Å². The van der Waals surface area contributed by atoms with E-state index in [2.05, 4.69) is 35.7 Å². The van der Waals surface area contributed by atoms with Crippen LogP contribution in [0.1, 0.15) is 66.8 Å². The van der Waals surface area contributed by atoms with Gasteiger partial charge in [0.15, 0.2) is 0 Å². The minimum Gasteiger partial charge on any atom is -0.478 e. The van der Waals surface area contributed by atoms with Crippen LogP contribution in [0.15, 0.2) is 48.5 Å². The average molecular weight is 488 g/mol. The molecule has 0 spiro atoms. The number of carboxylic acids is 1. The van der Waals surface area contributed by atoms with Crippen molar-refractivity contribution in [3.8, 4) is 11.3 Å². The van der Waals surface area contributed by atoms with Gasteiger partial charge in [-0.3, -0.25) is 4.79 Å². The fourth-order valence-electron chi connectivity index (χ4n) is 6.25. The number of hydrogen-bond donors (Lipinski definition) is 1. The Morgan fingerprint density at radius 3 is 2.28 bits per heavy atom. The molecule has 190 valence electrons. The van der Waals surface area contributed by atoms with E-state index in [9.17, 15) is 14.7 Å². The summed E-state index contributed by atoms with van der Waals surface area (Å²) in [7, 11) is 4.21. The Morgan fingerprint density at radius 1 is 0.944 bits per heavy atom. The predicted octanol–water partition coefficient (Wildman–Crippen LogP) is 5.61. The van der Waals surface area contributed by atoms with E-state index >= 15 is 0 Å². The number of piperidine rings is 1. The largest absolute Gasteiger partial charge is 0.478 e. The van der Waals surface area contributed by atoms with Crippen LogP contribution in [0.25, 0.3) is 22.2 Å². The molecule has 2 heterocycles. The second kappa shape index (κ2) is 10.5. The Bertz CT molecular complexity index is 1230. The molecule has 2 aliphatic rings. The summed E-state index contributed by atoms with van der Waals surface area (Å²) >= 11 is 0. The minimum absolute atomic E-state index is 0.109. The first kappa shape index (κ1) is 24.6. The molecule has 1 aromatic heterocycles. The van der Waals surface area contributed by atoms with E-state index in [1.807, 2.05) is 29.2 Å². The van der Waals surface area contributed by atoms with Crippen LogP contribution < -0.4 is 0 Å². The highest BCUT2D eigenvalue weighted by atomic mass is 16.4. The van der Waals surface area contributed by atoms with Gasteiger partial charge in [0.25, 0.3) is 0 Å². The zero-order chi connectivity index (χ0) is 25.2. The molecule has 5 rings (SSSR count). The fraction of sp³-hybridized carbons (Fsp3) is 0.467. The number of carboxylic acid groups (broad SMARTS) is 1. The van der Waals surface area contributed by atoms with Crippen molar-refractivity contribution in [2.75, 3.05) is 27.2 Å². The zero-order valence-electron chi connectivity index (χ0n) is 21.4. The Balaban J connectivity index is 1.61. The monoisotopic (exact) mass is 487 g/mol. The lowest BCUT2D eigenvalue weighted by Crippen LogP contribution is -2.45. The third-order valence-electron chi connectivity index (χ3n) is 8.25. The average Bonchev–Trinajstić information content (AvgIpc) is 3.23. The summed E-state index contributed by atoms with van der Waals surface area (Å²) in [6.45, 7) is 1.75. The molecule has 36 heavy (non-hydrogen) atoms. The topological polar surface area (TPSA) is 65.8 Å². The molecule has 0 bridgehead atoms. The van der Waals surface area contributed by atoms with Crippen molar-refractivity contribution in [1.29, 1.82) is 0 Å². The maximum Gasteiger partial charge on any atom is 0.335 e. The molecule has 1 amide bonds. The van der Waals surface area contributed by atoms with Crippen molar-refractivity contribution in [3.63, 3.8) is 0 Å². The van der Waals surface area contributed by atoms with Gasteiger partial charge in [0.1, 0.15) is 6.54 Å². The predicted molar refractivity (Wildman–Crippen MR) is 143 cm³/mol. The van der Waals surface area contributed by atoms with Crippen LogP contribution in [-0.4, -0.2) is 64.6 Å². The van der Waals surface area contributed by atoms with Crippen molar-refractivity contribution < 1.29 is 14.7 Å². The summed E-state index contributed by atoms with van der Waals surface area (Å²) < 4.78 is 2.11. The van der Waals surface area contributed by atoms with E-state index in [1.165, 1.54) is 24.8 Å². The van der Waals surface area contributed by atoms with Gasteiger partial charge in [-0.25, -0.2) is 4.79 Å². The van der Waals surface area contributed by atoms with Crippen molar-refractivity contribution >= 4 is 22.8 Å². The molecule has 1 aliphatic carbocycles. The van der Waals surface area contributed by atoms with Gasteiger partial charge in [0, 0.05) is 24.5 Å². The Labute approximate surface area is 213 Å². The third kappa shape index (κ3) is 4.79. The maximum absolute atomic E-state index is 13.7. The van der Waals surface area contributed by atoms with E-state index < -0.39 is 5.97 Å². The van der Waals surface area contributed by atoms with E-state index in [0.29, 0.717) is 12.0 Å². The van der Waals surface area contributed by atoms with Crippen molar-refractivity contribution in [3.05, 3.63) is 59.7 Å². The second-order valence-electron chi connectivity index (χ2n) is 10.7. The number of rotatable bonds is 6. The summed E-state index contributed by atoms with van der Waals surface area (Å²) in [6.07, 6.45) is 7.90. The van der Waals surface area contributed by atoms with Crippen LogP contribution in [0.2, 0.25) is 0 Å². The molecule has 6 nitrogen and oxygen atoms in total. The molecule has 1 saturated heterocycles. The number of carbonyl (C=O) groups is 2. The first-order chi connectivity index (χ1) is 17.4. The Hall–Kier alpha value is -3.12. The van der Waals surface area contributed by atoms with E-state index in [-0.39, 0.29) is 18.0 Å². The zero-order valence-corrected chi connectivity index (χ0v) is 21.4. The lowest BCUT2D eigenvalue weighted by Gasteiger charge is -2.35. The molecule has 6 heteroatoms. The summed E-state index contributed by atoms with van der Waals surface area (Å²) in [5.41, 5.74) is 4.56. The lowest BCUT2D eigenvalue weighted by atomic mass is 9.82. The number of carbonyl (C=O) groups excluding carboxylic acids is 1. The van der Waals surface area contributed by atoms with Gasteiger partial charge >= 0.3 is 5.97 Å². The molecule has 1 saturated carbocycles. The van der Waals surface area contributed by atoms with Crippen LogP contribution in [0.4, 0.5) is 0 Å². The van der Waals surface area contributed by atoms with E-state index in [0.717, 1.165) is 60.9 Å². The van der Waals surface area contributed by atoms with E-state index in [4.69, 9.17) is 0 Å². The summed E-state index contributed by atoms with van der Waals surface area (Å²) in [6, 6.07) is 16.3. The standard InChI is InChI=1S/C30H37N3O3/c1-31(2)24-15-17-32(18-16-24)27(34)20-33-26-19-23(30(35)36)13-14-25(26)28(21-9-5-3-6-10-21)29(33)22-11-7-4-8-12-22/h4,7-8,11-14,19,21,24H,3,5-6,9-10,15-18,20H2,1-2H3,(H,35,36). The highest BCUT2D eigenvalue weighted by Gasteiger charge is 2.29. The van der Waals surface area contributed by atoms with Crippen LogP contribution in [0.5, 0.6) is 0 Å². The SMILES string of the molecule is CN(C)C1CCN(C(=O)Cn2c(-c3ccccc3)c(C3CCCCC3)c3ccc(C(=O)O)cc32)CC1. The summed E-state index contributed by atoms with van der Waals surface area (Å²) in [5, 5.41) is 10.8. The number of aromatic nitrogens is 1. The van der Waals surface area contributed by atoms with Crippen molar-refractivity contribution in [2.24, 2.45) is 0 Å². The number of aromatic carboxylic acids is 1. The molecular formula is C30H37N3O3. The van der Waals surface area contributed by atoms with Gasteiger partial charge in [-0.1, -0.05) is 55.7 Å². The van der Waals surface area contributed by atoms with E-state index in [1.54, 1.807) is 12.1 Å². The molecule has 0 unspecified atom stereocenters. The highest BCUT2D eigenvalue weighted by Crippen LogP contribution is 2.44. The lowest BCUT2D eigenvalue weighted by molar-refractivity contribution is -0.133. The van der Waals surface area contributed by atoms with Crippen LogP contribution in [0.3, 0.4) is 0 Å². The Morgan fingerprint density at radius 2 is 1.64 bits per heavy atom. The van der Waals surface area contributed by atoms with Gasteiger partial charge in [0.05, 0.1) is 16.8 Å². The maximum atomic E-state index is 13.7. The molecule has 1 N–H and O–H groups in total. The molecule has 2 aromatic carbocycles. The smallest absolute Gasteiger partial charge is 0.335 e. The molecule has 2 fully saturated rings. The van der Waals surface area contributed by atoms with Gasteiger partial charge < -0.3 is 19.5 Å². The van der Waals surface area contributed by atoms with Crippen LogP contribution in [0, 0.1) is 0 Å². The fourth-order valence-corrected chi connectivity index (χ4v) is 6.25. The van der Waals surface area contributed by atoms with Gasteiger partial charge in [-0.15, -0.1) is 0 Å². The van der Waals surface area contributed by atoms with Crippen molar-refractivity contribution in [1.82, 2.24) is 14.4 Å². The quantitative estimate of drug-likeness (QED) is 0.491. The first-order valence-electron chi connectivity index (χ1n) is 13.3. The normalized spacial score (nSPS) is 17.7. The highest BCUT2D eigenvalue weighted by molar-refractivity contribution is 5.99. The van der Waals surface area contributed by atoms with Crippen LogP contribution in [-0.2, 0) is 11.3 Å². The Kier molecular flexibility index (Phi) is 7.15. The third-order valence-corrected chi connectivity index (χ3v) is 8.25. The van der Waals surface area contributed by atoms with Gasteiger partial charge in [0.2, 0.25) is 5.91 Å². The first-order valence-corrected chi connectivity index (χ1v) is 13.3. The number of amides is 1. The summed E-state index contributed by atoms with van der Waals surface area (Å²) in [4.78, 5) is 29.8. The number of nitrogens with zero attached hydrogens (tertiary/aromatic N) is 3. The van der Waals surface area contributed by atoms with Crippen molar-refractivity contribution in [2.45, 2.75) is 63.5 Å². The van der Waals surface area contributed by atoms with Gasteiger partial charge in [-0.2, -0.15) is 0 Å². The molecular weight excluding hydrogens is 450 g/mol.